The van der Waals surface area contributed by atoms with E-state index in [1.165, 1.54) is 0 Å². The van der Waals surface area contributed by atoms with Gasteiger partial charge in [-0.1, -0.05) is 19.1 Å². The molecule has 0 aliphatic rings. The number of amides is 1. The van der Waals surface area contributed by atoms with Gasteiger partial charge < -0.3 is 5.32 Å². The van der Waals surface area contributed by atoms with E-state index in [0.29, 0.717) is 12.4 Å². The van der Waals surface area contributed by atoms with Crippen LogP contribution in [0.4, 0.5) is 0 Å². The van der Waals surface area contributed by atoms with Gasteiger partial charge in [0.2, 0.25) is 0 Å². The lowest BCUT2D eigenvalue weighted by Gasteiger charge is -2.08. The normalized spacial score (nSPS) is 10.2. The average molecular weight is 272 g/mol. The smallest absolute Gasteiger partial charge is 0.252 e. The second kappa shape index (κ2) is 8.43. The largest absolute Gasteiger partial charge is 0.352 e. The molecule has 0 saturated heterocycles. The Balaban J connectivity index is 2.64. The van der Waals surface area contributed by atoms with E-state index in [0.717, 1.165) is 29.1 Å². The number of halogens is 1. The number of thioether (sulfide) groups is 1. The SMILES string of the molecule is CCCSc1ccccc1C(=O)NCCCCl. The van der Waals surface area contributed by atoms with Crippen molar-refractivity contribution in [1.29, 1.82) is 0 Å². The number of rotatable bonds is 7. The zero-order valence-electron chi connectivity index (χ0n) is 10.0. The minimum absolute atomic E-state index is 0.00526. The third kappa shape index (κ3) is 5.00. The van der Waals surface area contributed by atoms with E-state index in [-0.39, 0.29) is 5.91 Å². The Kier molecular flexibility index (Phi) is 7.13. The van der Waals surface area contributed by atoms with Crippen molar-refractivity contribution in [1.82, 2.24) is 5.32 Å². The van der Waals surface area contributed by atoms with Gasteiger partial charge in [-0.3, -0.25) is 4.79 Å². The third-order valence-electron chi connectivity index (χ3n) is 2.19. The topological polar surface area (TPSA) is 29.1 Å². The molecule has 0 fully saturated rings. The number of hydrogen-bond acceptors (Lipinski definition) is 2. The maximum Gasteiger partial charge on any atom is 0.252 e. The monoisotopic (exact) mass is 271 g/mol. The highest BCUT2D eigenvalue weighted by molar-refractivity contribution is 7.99. The van der Waals surface area contributed by atoms with Gasteiger partial charge in [0.1, 0.15) is 0 Å². The van der Waals surface area contributed by atoms with Crippen molar-refractivity contribution >= 4 is 29.3 Å². The van der Waals surface area contributed by atoms with Crippen LogP contribution in [0.2, 0.25) is 0 Å². The first-order valence-corrected chi connectivity index (χ1v) is 7.37. The highest BCUT2D eigenvalue weighted by Crippen LogP contribution is 2.23. The maximum absolute atomic E-state index is 11.9. The van der Waals surface area contributed by atoms with Crippen LogP contribution in [0.25, 0.3) is 0 Å². The Bertz CT molecular complexity index is 357. The molecule has 0 atom stereocenters. The zero-order chi connectivity index (χ0) is 12.5. The molecule has 0 aromatic heterocycles. The van der Waals surface area contributed by atoms with E-state index < -0.39 is 0 Å². The van der Waals surface area contributed by atoms with Gasteiger partial charge in [0.05, 0.1) is 5.56 Å². The summed E-state index contributed by atoms with van der Waals surface area (Å²) in [6.07, 6.45) is 1.91. The molecule has 1 rings (SSSR count). The highest BCUT2D eigenvalue weighted by Gasteiger charge is 2.09. The summed E-state index contributed by atoms with van der Waals surface area (Å²) in [5, 5.41) is 2.88. The third-order valence-corrected chi connectivity index (χ3v) is 3.74. The second-order valence-corrected chi connectivity index (χ2v) is 5.16. The molecule has 0 unspecified atom stereocenters. The number of benzene rings is 1. The Labute approximate surface area is 112 Å². The van der Waals surface area contributed by atoms with E-state index in [9.17, 15) is 4.79 Å². The molecular formula is C13H18ClNOS. The summed E-state index contributed by atoms with van der Waals surface area (Å²) < 4.78 is 0. The summed E-state index contributed by atoms with van der Waals surface area (Å²) in [5.74, 6) is 1.60. The van der Waals surface area contributed by atoms with Crippen LogP contribution in [0.3, 0.4) is 0 Å². The predicted octanol–water partition coefficient (Wildman–Crippen LogP) is 3.55. The Morgan fingerprint density at radius 1 is 1.41 bits per heavy atom. The Morgan fingerprint density at radius 2 is 2.18 bits per heavy atom. The first kappa shape index (κ1) is 14.4. The van der Waals surface area contributed by atoms with Crippen LogP contribution in [0.15, 0.2) is 29.2 Å². The van der Waals surface area contributed by atoms with Gasteiger partial charge in [-0.15, -0.1) is 23.4 Å². The van der Waals surface area contributed by atoms with Crippen LogP contribution in [0.5, 0.6) is 0 Å². The Hall–Kier alpha value is -0.670. The average Bonchev–Trinajstić information content (AvgIpc) is 2.37. The van der Waals surface area contributed by atoms with Gasteiger partial charge in [-0.25, -0.2) is 0 Å². The van der Waals surface area contributed by atoms with Gasteiger partial charge in [0.25, 0.3) is 5.91 Å². The summed E-state index contributed by atoms with van der Waals surface area (Å²) in [4.78, 5) is 13.0. The van der Waals surface area contributed by atoms with Crippen LogP contribution in [-0.2, 0) is 0 Å². The molecule has 0 bridgehead atoms. The maximum atomic E-state index is 11.9. The second-order valence-electron chi connectivity index (χ2n) is 3.64. The van der Waals surface area contributed by atoms with Crippen LogP contribution in [-0.4, -0.2) is 24.1 Å². The van der Waals surface area contributed by atoms with Gasteiger partial charge in [-0.05, 0) is 30.7 Å². The molecule has 1 aromatic carbocycles. The molecule has 4 heteroatoms. The number of hydrogen-bond donors (Lipinski definition) is 1. The lowest BCUT2D eigenvalue weighted by atomic mass is 10.2. The van der Waals surface area contributed by atoms with Crippen molar-refractivity contribution in [2.75, 3.05) is 18.2 Å². The molecule has 0 radical (unpaired) electrons. The van der Waals surface area contributed by atoms with Crippen molar-refractivity contribution in [3.05, 3.63) is 29.8 Å². The summed E-state index contributed by atoms with van der Waals surface area (Å²) in [5.41, 5.74) is 0.764. The van der Waals surface area contributed by atoms with Gasteiger partial charge in [-0.2, -0.15) is 0 Å². The van der Waals surface area contributed by atoms with Crippen molar-refractivity contribution in [2.45, 2.75) is 24.7 Å². The van der Waals surface area contributed by atoms with Crippen LogP contribution in [0, 0.1) is 0 Å². The summed E-state index contributed by atoms with van der Waals surface area (Å²) in [6, 6.07) is 7.73. The van der Waals surface area contributed by atoms with E-state index in [2.05, 4.69) is 12.2 Å². The first-order valence-electron chi connectivity index (χ1n) is 5.85. The zero-order valence-corrected chi connectivity index (χ0v) is 11.6. The highest BCUT2D eigenvalue weighted by atomic mass is 35.5. The molecular weight excluding hydrogens is 254 g/mol. The van der Waals surface area contributed by atoms with Crippen molar-refractivity contribution in [2.24, 2.45) is 0 Å². The molecule has 0 saturated carbocycles. The minimum Gasteiger partial charge on any atom is -0.352 e. The van der Waals surface area contributed by atoms with E-state index >= 15 is 0 Å². The molecule has 2 nitrogen and oxygen atoms in total. The number of nitrogens with one attached hydrogen (secondary N) is 1. The van der Waals surface area contributed by atoms with Crippen molar-refractivity contribution in [3.8, 4) is 0 Å². The lowest BCUT2D eigenvalue weighted by molar-refractivity contribution is 0.0951. The van der Waals surface area contributed by atoms with E-state index in [1.807, 2.05) is 24.3 Å². The molecule has 0 spiro atoms. The number of carbonyl (C=O) groups is 1. The van der Waals surface area contributed by atoms with E-state index in [4.69, 9.17) is 11.6 Å². The van der Waals surface area contributed by atoms with Crippen LogP contribution in [0.1, 0.15) is 30.1 Å². The summed E-state index contributed by atoms with van der Waals surface area (Å²) in [7, 11) is 0. The molecule has 0 heterocycles. The predicted molar refractivity (Wildman–Crippen MR) is 75.1 cm³/mol. The van der Waals surface area contributed by atoms with Crippen LogP contribution < -0.4 is 5.32 Å². The fraction of sp³-hybridized carbons (Fsp3) is 0.462. The quantitative estimate of drug-likeness (QED) is 0.467. The fourth-order valence-electron chi connectivity index (χ4n) is 1.36. The fourth-order valence-corrected chi connectivity index (χ4v) is 2.40. The molecule has 94 valence electrons. The number of carbonyl (C=O) groups excluding carboxylic acids is 1. The van der Waals surface area contributed by atoms with Gasteiger partial charge in [0.15, 0.2) is 0 Å². The van der Waals surface area contributed by atoms with Crippen molar-refractivity contribution < 1.29 is 4.79 Å². The molecule has 0 aliphatic heterocycles. The lowest BCUT2D eigenvalue weighted by Crippen LogP contribution is -2.25. The van der Waals surface area contributed by atoms with Crippen molar-refractivity contribution in [3.63, 3.8) is 0 Å². The molecule has 1 N–H and O–H groups in total. The summed E-state index contributed by atoms with van der Waals surface area (Å²) in [6.45, 7) is 2.77. The molecule has 17 heavy (non-hydrogen) atoms. The molecule has 1 amide bonds. The van der Waals surface area contributed by atoms with Crippen LogP contribution >= 0.6 is 23.4 Å². The Morgan fingerprint density at radius 3 is 2.88 bits per heavy atom. The minimum atomic E-state index is -0.00526. The standard InChI is InChI=1S/C13H18ClNOS/c1-2-10-17-12-7-4-3-6-11(12)13(16)15-9-5-8-14/h3-4,6-7H,2,5,8-10H2,1H3,(H,15,16). The summed E-state index contributed by atoms with van der Waals surface area (Å²) >= 11 is 7.30. The van der Waals surface area contributed by atoms with E-state index in [1.54, 1.807) is 11.8 Å². The van der Waals surface area contributed by atoms with Gasteiger partial charge >= 0.3 is 0 Å². The van der Waals surface area contributed by atoms with Gasteiger partial charge in [0, 0.05) is 17.3 Å². The molecule has 0 aliphatic carbocycles. The first-order chi connectivity index (χ1) is 8.29. The number of alkyl halides is 1. The molecule has 1 aromatic rings.